The average Bonchev–Trinajstić information content (AvgIpc) is 3.11. The molecular weight excluding hydrogens is 344 g/mol. The van der Waals surface area contributed by atoms with Crippen molar-refractivity contribution in [3.05, 3.63) is 34.8 Å². The topological polar surface area (TPSA) is 103 Å². The van der Waals surface area contributed by atoms with E-state index in [0.29, 0.717) is 11.5 Å². The molecule has 0 radical (unpaired) electrons. The maximum Gasteiger partial charge on any atom is 0.290 e. The van der Waals surface area contributed by atoms with E-state index >= 15 is 0 Å². The SMILES string of the molecule is Nc1cc(-c2ccco2)nn(CC(=O)NC23CC4CC(CC(C4)C2)C3)c1=O. The van der Waals surface area contributed by atoms with Crippen LogP contribution in [0.5, 0.6) is 0 Å². The Labute approximate surface area is 156 Å². The molecule has 4 aliphatic carbocycles. The van der Waals surface area contributed by atoms with Gasteiger partial charge in [-0.05, 0) is 74.5 Å². The minimum absolute atomic E-state index is 0.0546. The molecule has 4 aliphatic rings. The highest BCUT2D eigenvalue weighted by atomic mass is 16.3. The third kappa shape index (κ3) is 2.95. The first-order valence-corrected chi connectivity index (χ1v) is 9.72. The molecule has 4 fully saturated rings. The molecule has 4 bridgehead atoms. The molecule has 2 aromatic heterocycles. The molecule has 0 unspecified atom stereocenters. The average molecular weight is 368 g/mol. The van der Waals surface area contributed by atoms with E-state index in [-0.39, 0.29) is 23.7 Å². The van der Waals surface area contributed by atoms with E-state index in [0.717, 1.165) is 41.7 Å². The second kappa shape index (κ2) is 5.97. The smallest absolute Gasteiger partial charge is 0.290 e. The number of hydrogen-bond acceptors (Lipinski definition) is 5. The molecule has 0 aromatic carbocycles. The van der Waals surface area contributed by atoms with Crippen LogP contribution >= 0.6 is 0 Å². The van der Waals surface area contributed by atoms with Gasteiger partial charge >= 0.3 is 0 Å². The Morgan fingerprint density at radius 3 is 2.52 bits per heavy atom. The first-order valence-electron chi connectivity index (χ1n) is 9.72. The largest absolute Gasteiger partial charge is 0.463 e. The van der Waals surface area contributed by atoms with Gasteiger partial charge in [0.05, 0.1) is 6.26 Å². The highest BCUT2D eigenvalue weighted by Gasteiger charge is 2.51. The van der Waals surface area contributed by atoms with E-state index in [9.17, 15) is 9.59 Å². The molecule has 142 valence electrons. The molecule has 7 heteroatoms. The van der Waals surface area contributed by atoms with Crippen LogP contribution in [0.15, 0.2) is 33.7 Å². The Bertz CT molecular complexity index is 896. The number of nitrogens with two attached hydrogens (primary N) is 1. The van der Waals surface area contributed by atoms with Crippen molar-refractivity contribution in [3.63, 3.8) is 0 Å². The van der Waals surface area contributed by atoms with Gasteiger partial charge in [-0.15, -0.1) is 0 Å². The van der Waals surface area contributed by atoms with Crippen molar-refractivity contribution in [2.45, 2.75) is 50.6 Å². The van der Waals surface area contributed by atoms with Gasteiger partial charge in [-0.1, -0.05) is 0 Å². The molecule has 6 rings (SSSR count). The molecule has 4 saturated carbocycles. The second-order valence-corrected chi connectivity index (χ2v) is 8.67. The monoisotopic (exact) mass is 368 g/mol. The van der Waals surface area contributed by atoms with Crippen molar-refractivity contribution in [1.82, 2.24) is 15.1 Å². The van der Waals surface area contributed by atoms with Gasteiger partial charge in [0.25, 0.3) is 5.56 Å². The number of anilines is 1. The van der Waals surface area contributed by atoms with Crippen LogP contribution in [-0.2, 0) is 11.3 Å². The van der Waals surface area contributed by atoms with Gasteiger partial charge in [-0.25, -0.2) is 4.68 Å². The molecule has 0 atom stereocenters. The summed E-state index contributed by atoms with van der Waals surface area (Å²) in [4.78, 5) is 25.1. The Kier molecular flexibility index (Phi) is 3.67. The normalized spacial score (nSPS) is 31.2. The Morgan fingerprint density at radius 1 is 1.26 bits per heavy atom. The van der Waals surface area contributed by atoms with E-state index in [1.807, 2.05) is 0 Å². The van der Waals surface area contributed by atoms with E-state index in [1.165, 1.54) is 31.6 Å². The minimum Gasteiger partial charge on any atom is -0.463 e. The predicted molar refractivity (Wildman–Crippen MR) is 99.7 cm³/mol. The maximum atomic E-state index is 12.8. The van der Waals surface area contributed by atoms with Crippen LogP contribution in [0.3, 0.4) is 0 Å². The molecule has 0 spiro atoms. The number of rotatable bonds is 4. The number of carbonyl (C=O) groups is 1. The van der Waals surface area contributed by atoms with Crippen molar-refractivity contribution in [2.75, 3.05) is 5.73 Å². The molecular formula is C20H24N4O3. The third-order valence-electron chi connectivity index (χ3n) is 6.51. The number of nitrogens with zero attached hydrogens (tertiary/aromatic N) is 2. The van der Waals surface area contributed by atoms with Crippen molar-refractivity contribution < 1.29 is 9.21 Å². The first-order chi connectivity index (χ1) is 13.0. The number of aromatic nitrogens is 2. The highest BCUT2D eigenvalue weighted by molar-refractivity contribution is 5.76. The fourth-order valence-corrected chi connectivity index (χ4v) is 5.95. The van der Waals surface area contributed by atoms with Crippen molar-refractivity contribution in [3.8, 4) is 11.5 Å². The number of carbonyl (C=O) groups excluding carboxylic acids is 1. The van der Waals surface area contributed by atoms with Gasteiger partial charge in [0.1, 0.15) is 17.9 Å². The van der Waals surface area contributed by atoms with Gasteiger partial charge in [0.15, 0.2) is 5.76 Å². The lowest BCUT2D eigenvalue weighted by Crippen LogP contribution is -2.60. The Balaban J connectivity index is 1.36. The summed E-state index contributed by atoms with van der Waals surface area (Å²) in [6.07, 6.45) is 8.70. The Morgan fingerprint density at radius 2 is 1.93 bits per heavy atom. The summed E-state index contributed by atoms with van der Waals surface area (Å²) in [5.74, 6) is 2.58. The van der Waals surface area contributed by atoms with Gasteiger partial charge in [0, 0.05) is 5.54 Å². The highest BCUT2D eigenvalue weighted by Crippen LogP contribution is 2.55. The van der Waals surface area contributed by atoms with Gasteiger partial charge in [-0.2, -0.15) is 5.10 Å². The van der Waals surface area contributed by atoms with E-state index in [2.05, 4.69) is 10.4 Å². The van der Waals surface area contributed by atoms with Crippen molar-refractivity contribution in [2.24, 2.45) is 17.8 Å². The lowest BCUT2D eigenvalue weighted by atomic mass is 9.53. The lowest BCUT2D eigenvalue weighted by Gasteiger charge is -2.56. The zero-order chi connectivity index (χ0) is 18.6. The van der Waals surface area contributed by atoms with Crippen LogP contribution in [0.4, 0.5) is 5.69 Å². The fraction of sp³-hybridized carbons (Fsp3) is 0.550. The summed E-state index contributed by atoms with van der Waals surface area (Å²) in [6.45, 7) is -0.126. The number of nitrogens with one attached hydrogen (secondary N) is 1. The summed E-state index contributed by atoms with van der Waals surface area (Å²) >= 11 is 0. The molecule has 27 heavy (non-hydrogen) atoms. The lowest BCUT2D eigenvalue weighted by molar-refractivity contribution is -0.127. The van der Waals surface area contributed by atoms with Gasteiger partial charge in [-0.3, -0.25) is 9.59 Å². The summed E-state index contributed by atoms with van der Waals surface area (Å²) in [7, 11) is 0. The van der Waals surface area contributed by atoms with Crippen LogP contribution < -0.4 is 16.6 Å². The standard InChI is InChI=1S/C20H24N4O3/c21-15-7-16(17-2-1-3-27-17)23-24(19(15)26)11-18(25)22-20-8-12-4-13(9-20)6-14(5-12)10-20/h1-3,7,12-14H,4-6,8-11,21H2,(H,22,25). The van der Waals surface area contributed by atoms with Crippen LogP contribution in [0.1, 0.15) is 38.5 Å². The van der Waals surface area contributed by atoms with Crippen LogP contribution in [0.2, 0.25) is 0 Å². The molecule has 0 aliphatic heterocycles. The zero-order valence-corrected chi connectivity index (χ0v) is 15.2. The summed E-state index contributed by atoms with van der Waals surface area (Å²) in [5.41, 5.74) is 5.81. The van der Waals surface area contributed by atoms with Crippen LogP contribution in [0.25, 0.3) is 11.5 Å². The molecule has 2 heterocycles. The third-order valence-corrected chi connectivity index (χ3v) is 6.51. The molecule has 2 aromatic rings. The maximum absolute atomic E-state index is 12.8. The predicted octanol–water partition coefficient (Wildman–Crippen LogP) is 2.17. The fourth-order valence-electron chi connectivity index (χ4n) is 5.95. The van der Waals surface area contributed by atoms with Crippen molar-refractivity contribution in [1.29, 1.82) is 0 Å². The number of hydrogen-bond donors (Lipinski definition) is 2. The van der Waals surface area contributed by atoms with E-state index in [1.54, 1.807) is 12.1 Å². The summed E-state index contributed by atoms with van der Waals surface area (Å²) in [6, 6.07) is 4.96. The van der Waals surface area contributed by atoms with E-state index in [4.69, 9.17) is 10.2 Å². The Hall–Kier alpha value is -2.57. The first kappa shape index (κ1) is 16.6. The summed E-state index contributed by atoms with van der Waals surface area (Å²) in [5, 5.41) is 7.55. The molecule has 1 amide bonds. The van der Waals surface area contributed by atoms with Crippen molar-refractivity contribution >= 4 is 11.6 Å². The molecule has 3 N–H and O–H groups in total. The second-order valence-electron chi connectivity index (χ2n) is 8.67. The van der Waals surface area contributed by atoms with Gasteiger partial charge in [0.2, 0.25) is 5.91 Å². The zero-order valence-electron chi connectivity index (χ0n) is 15.2. The number of furan rings is 1. The van der Waals surface area contributed by atoms with Gasteiger partial charge < -0.3 is 15.5 Å². The molecule has 7 nitrogen and oxygen atoms in total. The number of amides is 1. The molecule has 0 saturated heterocycles. The van der Waals surface area contributed by atoms with Crippen LogP contribution in [-0.4, -0.2) is 21.2 Å². The summed E-state index contributed by atoms with van der Waals surface area (Å²) < 4.78 is 6.47. The minimum atomic E-state index is -0.453. The van der Waals surface area contributed by atoms with E-state index < -0.39 is 5.56 Å². The quantitative estimate of drug-likeness (QED) is 0.861. The van der Waals surface area contributed by atoms with Crippen LogP contribution in [0, 0.1) is 17.8 Å². The number of nitrogen functional groups attached to an aromatic ring is 1.